The van der Waals surface area contributed by atoms with Crippen LogP contribution in [0.15, 0.2) is 180 Å². The molecule has 54 heavy (non-hydrogen) atoms. The van der Waals surface area contributed by atoms with Gasteiger partial charge in [0.05, 0.1) is 44.5 Å². The second kappa shape index (κ2) is 10.2. The van der Waals surface area contributed by atoms with E-state index >= 15 is 0 Å². The summed E-state index contributed by atoms with van der Waals surface area (Å²) in [4.78, 5) is 0. The van der Waals surface area contributed by atoms with Gasteiger partial charge in [-0.05, 0) is 72.8 Å². The molecule has 4 heterocycles. The van der Waals surface area contributed by atoms with Gasteiger partial charge in [0.25, 0.3) is 0 Å². The second-order valence-electron chi connectivity index (χ2n) is 14.5. The minimum Gasteiger partial charge on any atom is -0.456 e. The fraction of sp³-hybridized carbons (Fsp3) is 0. The van der Waals surface area contributed by atoms with Crippen molar-refractivity contribution in [3.8, 4) is 17.1 Å². The monoisotopic (exact) mass is 687 g/mol. The standard InChI is InChI=1S/C50H29N3O/c1-6-16-39-31(11-1)32-12-2-7-17-40(32)52(39)43-24-26-45-49-36(43)22-23-37-44(53-41-18-8-3-13-33(41)34-14-4-9-19-42(34)53)25-27-46(50(37)49)51(45)30-21-28-48-38(29-30)35-15-5-10-20-47(35)54-48/h1-29H. The molecule has 0 N–H and O–H groups in total. The molecule has 9 aromatic carbocycles. The highest BCUT2D eigenvalue weighted by Gasteiger charge is 2.24. The fourth-order valence-corrected chi connectivity index (χ4v) is 9.61. The molecule has 0 bridgehead atoms. The van der Waals surface area contributed by atoms with Crippen molar-refractivity contribution in [3.63, 3.8) is 0 Å². The van der Waals surface area contributed by atoms with Crippen LogP contribution in [0.5, 0.6) is 0 Å². The van der Waals surface area contributed by atoms with E-state index in [1.165, 1.54) is 87.6 Å². The molecule has 4 nitrogen and oxygen atoms in total. The summed E-state index contributed by atoms with van der Waals surface area (Å²) in [6.07, 6.45) is 0. The molecule has 13 rings (SSSR count). The number of hydrogen-bond donors (Lipinski definition) is 0. The van der Waals surface area contributed by atoms with E-state index in [-0.39, 0.29) is 0 Å². The third-order valence-corrected chi connectivity index (χ3v) is 11.8. The zero-order valence-corrected chi connectivity index (χ0v) is 29.0. The summed E-state index contributed by atoms with van der Waals surface area (Å²) in [5.74, 6) is 0. The van der Waals surface area contributed by atoms with Gasteiger partial charge in [0.1, 0.15) is 11.2 Å². The van der Waals surface area contributed by atoms with Crippen molar-refractivity contribution < 1.29 is 4.42 Å². The smallest absolute Gasteiger partial charge is 0.135 e. The van der Waals surface area contributed by atoms with Crippen LogP contribution in [0.25, 0.3) is 115 Å². The molecule has 0 saturated carbocycles. The molecule has 250 valence electrons. The van der Waals surface area contributed by atoms with Crippen LogP contribution in [0.3, 0.4) is 0 Å². The number of fused-ring (bicyclic) bond motifs is 9. The van der Waals surface area contributed by atoms with E-state index in [1.807, 2.05) is 6.07 Å². The zero-order valence-electron chi connectivity index (χ0n) is 29.0. The van der Waals surface area contributed by atoms with E-state index < -0.39 is 0 Å². The second-order valence-corrected chi connectivity index (χ2v) is 14.5. The summed E-state index contributed by atoms with van der Waals surface area (Å²) in [6, 6.07) is 64.1. The van der Waals surface area contributed by atoms with Crippen LogP contribution in [0, 0.1) is 0 Å². The van der Waals surface area contributed by atoms with Crippen LogP contribution in [0.2, 0.25) is 0 Å². The van der Waals surface area contributed by atoms with Crippen molar-refractivity contribution in [2.75, 3.05) is 0 Å². The van der Waals surface area contributed by atoms with Gasteiger partial charge < -0.3 is 18.1 Å². The maximum atomic E-state index is 6.28. The molecule has 4 heteroatoms. The number of para-hydroxylation sites is 5. The average Bonchev–Trinajstić information content (AvgIpc) is 3.97. The summed E-state index contributed by atoms with van der Waals surface area (Å²) in [6.45, 7) is 0. The highest BCUT2D eigenvalue weighted by Crippen LogP contribution is 2.46. The van der Waals surface area contributed by atoms with Gasteiger partial charge in [0.15, 0.2) is 0 Å². The van der Waals surface area contributed by atoms with Gasteiger partial charge in [0.2, 0.25) is 0 Å². The number of nitrogens with zero attached hydrogens (tertiary/aromatic N) is 3. The van der Waals surface area contributed by atoms with Gasteiger partial charge in [0, 0.05) is 59.5 Å². The summed E-state index contributed by atoms with van der Waals surface area (Å²) < 4.78 is 13.6. The number of hydrogen-bond acceptors (Lipinski definition) is 1. The lowest BCUT2D eigenvalue weighted by Crippen LogP contribution is -1.97. The van der Waals surface area contributed by atoms with Gasteiger partial charge in [-0.3, -0.25) is 0 Å². The van der Waals surface area contributed by atoms with Gasteiger partial charge in [-0.1, -0.05) is 103 Å². The zero-order chi connectivity index (χ0) is 35.1. The van der Waals surface area contributed by atoms with Crippen molar-refractivity contribution in [1.29, 1.82) is 0 Å². The predicted octanol–water partition coefficient (Wildman–Crippen LogP) is 13.5. The maximum absolute atomic E-state index is 6.28. The van der Waals surface area contributed by atoms with E-state index in [2.05, 4.69) is 184 Å². The van der Waals surface area contributed by atoms with Crippen molar-refractivity contribution in [3.05, 3.63) is 176 Å². The highest BCUT2D eigenvalue weighted by atomic mass is 16.3. The molecule has 0 aliphatic rings. The van der Waals surface area contributed by atoms with Crippen molar-refractivity contribution in [2.45, 2.75) is 0 Å². The van der Waals surface area contributed by atoms with Crippen LogP contribution in [-0.4, -0.2) is 13.7 Å². The molecule has 0 amide bonds. The molecule has 4 aromatic heterocycles. The molecule has 0 aliphatic carbocycles. The number of furan rings is 1. The molecule has 0 fully saturated rings. The third kappa shape index (κ3) is 3.52. The predicted molar refractivity (Wildman–Crippen MR) is 225 cm³/mol. The van der Waals surface area contributed by atoms with Gasteiger partial charge >= 0.3 is 0 Å². The Balaban J connectivity index is 1.19. The number of aromatic nitrogens is 3. The summed E-state index contributed by atoms with van der Waals surface area (Å²) in [5, 5.41) is 12.3. The molecular formula is C50H29N3O. The number of rotatable bonds is 3. The van der Waals surface area contributed by atoms with Gasteiger partial charge in [-0.2, -0.15) is 0 Å². The average molecular weight is 688 g/mol. The van der Waals surface area contributed by atoms with Crippen LogP contribution in [0.4, 0.5) is 0 Å². The van der Waals surface area contributed by atoms with E-state index in [0.29, 0.717) is 0 Å². The minimum absolute atomic E-state index is 0.898. The van der Waals surface area contributed by atoms with E-state index in [4.69, 9.17) is 4.42 Å². The lowest BCUT2D eigenvalue weighted by molar-refractivity contribution is 0.669. The van der Waals surface area contributed by atoms with E-state index in [1.54, 1.807) is 0 Å². The first-order valence-corrected chi connectivity index (χ1v) is 18.5. The van der Waals surface area contributed by atoms with Gasteiger partial charge in [-0.25, -0.2) is 0 Å². The molecule has 0 saturated heterocycles. The Kier molecular flexibility index (Phi) is 5.34. The molecule has 13 aromatic rings. The van der Waals surface area contributed by atoms with Crippen molar-refractivity contribution >= 4 is 98.1 Å². The van der Waals surface area contributed by atoms with E-state index in [9.17, 15) is 0 Å². The molecule has 0 unspecified atom stereocenters. The Morgan fingerprint density at radius 1 is 0.278 bits per heavy atom. The molecule has 0 atom stereocenters. The van der Waals surface area contributed by atoms with Crippen molar-refractivity contribution in [1.82, 2.24) is 13.7 Å². The minimum atomic E-state index is 0.898. The van der Waals surface area contributed by atoms with Crippen LogP contribution >= 0.6 is 0 Å². The largest absolute Gasteiger partial charge is 0.456 e. The van der Waals surface area contributed by atoms with Crippen LogP contribution in [-0.2, 0) is 0 Å². The lowest BCUT2D eigenvalue weighted by Gasteiger charge is -2.15. The Morgan fingerprint density at radius 3 is 1.20 bits per heavy atom. The van der Waals surface area contributed by atoms with E-state index in [0.717, 1.165) is 27.6 Å². The van der Waals surface area contributed by atoms with Crippen LogP contribution < -0.4 is 0 Å². The molecule has 0 aliphatic heterocycles. The first kappa shape index (κ1) is 28.3. The van der Waals surface area contributed by atoms with Crippen LogP contribution in [0.1, 0.15) is 0 Å². The lowest BCUT2D eigenvalue weighted by atomic mass is 9.99. The molecular weight excluding hydrogens is 659 g/mol. The maximum Gasteiger partial charge on any atom is 0.135 e. The summed E-state index contributed by atoms with van der Waals surface area (Å²) >= 11 is 0. The SMILES string of the molecule is c1ccc2c(c1)oc1ccc(-n3c4ccc(-n5c6ccccc6c6ccccc65)c5ccc6c(-n7c8ccccc8c8ccccc87)ccc3c6c54)cc12. The van der Waals surface area contributed by atoms with Gasteiger partial charge in [-0.15, -0.1) is 0 Å². The highest BCUT2D eigenvalue weighted by molar-refractivity contribution is 6.28. The molecule has 0 spiro atoms. The topological polar surface area (TPSA) is 27.9 Å². The first-order valence-electron chi connectivity index (χ1n) is 18.5. The third-order valence-electron chi connectivity index (χ3n) is 11.8. The van der Waals surface area contributed by atoms with Crippen molar-refractivity contribution in [2.24, 2.45) is 0 Å². The Morgan fingerprint density at radius 2 is 0.704 bits per heavy atom. The number of benzene rings is 9. The quantitative estimate of drug-likeness (QED) is 0.170. The Hall–Kier alpha value is -7.30. The first-order chi connectivity index (χ1) is 26.8. The Labute approximate surface area is 308 Å². The molecule has 0 radical (unpaired) electrons. The summed E-state index contributed by atoms with van der Waals surface area (Å²) in [5.41, 5.74) is 12.5. The Bertz CT molecular complexity index is 3390. The fourth-order valence-electron chi connectivity index (χ4n) is 9.61. The normalized spacial score (nSPS) is 12.4. The summed E-state index contributed by atoms with van der Waals surface area (Å²) in [7, 11) is 0.